The summed E-state index contributed by atoms with van der Waals surface area (Å²) in [7, 11) is 3.35. The molecule has 0 amide bonds. The molecule has 1 aromatic heterocycles. The summed E-state index contributed by atoms with van der Waals surface area (Å²) in [4.78, 5) is 12.8. The average Bonchev–Trinajstić information content (AvgIpc) is 2.70. The molecule has 0 spiro atoms. The Hall–Kier alpha value is -1.18. The molecule has 1 unspecified atom stereocenters. The summed E-state index contributed by atoms with van der Waals surface area (Å²) in [6.07, 6.45) is -0.691. The molecule has 0 aliphatic carbocycles. The van der Waals surface area contributed by atoms with Gasteiger partial charge in [0.2, 0.25) is 0 Å². The van der Waals surface area contributed by atoms with Crippen LogP contribution >= 0.6 is 11.3 Å². The molecule has 0 bridgehead atoms. The smallest absolute Gasteiger partial charge is 0.304 e. The van der Waals surface area contributed by atoms with E-state index in [0.717, 1.165) is 0 Å². The topological polar surface area (TPSA) is 75.8 Å². The van der Waals surface area contributed by atoms with E-state index < -0.39 is 11.0 Å². The average molecular weight is 260 g/mol. The molecule has 96 valence electrons. The van der Waals surface area contributed by atoms with E-state index in [-0.39, 0.29) is 5.69 Å². The zero-order chi connectivity index (χ0) is 13.0. The lowest BCUT2D eigenvalue weighted by molar-refractivity contribution is -0.383. The Kier molecular flexibility index (Phi) is 4.86. The van der Waals surface area contributed by atoms with Gasteiger partial charge in [-0.1, -0.05) is 0 Å². The van der Waals surface area contributed by atoms with Crippen LogP contribution in [0.5, 0.6) is 0 Å². The highest BCUT2D eigenvalue weighted by Gasteiger charge is 2.23. The van der Waals surface area contributed by atoms with Gasteiger partial charge in [0.15, 0.2) is 5.00 Å². The third-order valence-corrected chi connectivity index (χ3v) is 3.71. The van der Waals surface area contributed by atoms with Crippen molar-refractivity contribution in [2.75, 3.05) is 32.2 Å². The lowest BCUT2D eigenvalue weighted by Crippen LogP contribution is -2.21. The van der Waals surface area contributed by atoms with Crippen LogP contribution in [0.15, 0.2) is 6.07 Å². The first-order valence-corrected chi connectivity index (χ1v) is 5.95. The minimum Gasteiger partial charge on any atom is -0.388 e. The minimum atomic E-state index is -0.691. The van der Waals surface area contributed by atoms with Crippen molar-refractivity contribution < 1.29 is 14.8 Å². The number of likely N-dealkylation sites (N-methyl/N-ethyl adjacent to an activating group) is 1. The number of anilines is 1. The van der Waals surface area contributed by atoms with Crippen molar-refractivity contribution >= 4 is 22.0 Å². The van der Waals surface area contributed by atoms with Gasteiger partial charge >= 0.3 is 5.69 Å². The van der Waals surface area contributed by atoms with Crippen LogP contribution in [0, 0.1) is 10.1 Å². The van der Waals surface area contributed by atoms with Gasteiger partial charge < -0.3 is 14.7 Å². The Morgan fingerprint density at radius 1 is 1.71 bits per heavy atom. The van der Waals surface area contributed by atoms with E-state index in [0.29, 0.717) is 23.0 Å². The Labute approximate surface area is 104 Å². The number of aliphatic hydroxyl groups is 1. The predicted octanol–water partition coefficient (Wildman–Crippen LogP) is 1.79. The van der Waals surface area contributed by atoms with E-state index in [1.807, 2.05) is 0 Å². The Bertz CT molecular complexity index is 392. The first-order valence-electron chi connectivity index (χ1n) is 5.13. The lowest BCUT2D eigenvalue weighted by atomic mass is 10.3. The summed E-state index contributed by atoms with van der Waals surface area (Å²) in [6.45, 7) is 2.65. The largest absolute Gasteiger partial charge is 0.388 e. The monoisotopic (exact) mass is 260 g/mol. The molecule has 0 radical (unpaired) electrons. The van der Waals surface area contributed by atoms with E-state index in [9.17, 15) is 15.2 Å². The van der Waals surface area contributed by atoms with Gasteiger partial charge in [0, 0.05) is 31.6 Å². The maximum atomic E-state index is 10.9. The number of thiophene rings is 1. The molecule has 0 aliphatic heterocycles. The van der Waals surface area contributed by atoms with Crippen LogP contribution in [0.2, 0.25) is 0 Å². The number of hydrogen-bond acceptors (Lipinski definition) is 6. The number of aliphatic hydroxyl groups excluding tert-OH is 1. The van der Waals surface area contributed by atoms with Crippen molar-refractivity contribution in [3.05, 3.63) is 21.1 Å². The first kappa shape index (κ1) is 13.9. The summed E-state index contributed by atoms with van der Waals surface area (Å²) in [5, 5.41) is 20.9. The number of nitrogens with zero attached hydrogens (tertiary/aromatic N) is 2. The minimum absolute atomic E-state index is 0.0319. The summed E-state index contributed by atoms with van der Waals surface area (Å²) in [5.74, 6) is 0. The lowest BCUT2D eigenvalue weighted by Gasteiger charge is -2.15. The highest BCUT2D eigenvalue weighted by Crippen LogP contribution is 2.39. The molecule has 0 fully saturated rings. The zero-order valence-corrected chi connectivity index (χ0v) is 10.9. The number of nitro groups is 1. The highest BCUT2D eigenvalue weighted by molar-refractivity contribution is 7.16. The van der Waals surface area contributed by atoms with E-state index in [4.69, 9.17) is 4.74 Å². The number of rotatable bonds is 6. The second kappa shape index (κ2) is 5.95. The molecule has 1 aromatic rings. The first-order chi connectivity index (χ1) is 7.97. The van der Waals surface area contributed by atoms with E-state index in [1.165, 1.54) is 17.4 Å². The van der Waals surface area contributed by atoms with Crippen LogP contribution in [0.25, 0.3) is 0 Å². The Balaban J connectivity index is 2.99. The van der Waals surface area contributed by atoms with Crippen LogP contribution in [0.3, 0.4) is 0 Å². The molecule has 1 rings (SSSR count). The van der Waals surface area contributed by atoms with E-state index >= 15 is 0 Å². The third kappa shape index (κ3) is 3.39. The van der Waals surface area contributed by atoms with Gasteiger partial charge in [-0.2, -0.15) is 0 Å². The Morgan fingerprint density at radius 3 is 2.82 bits per heavy atom. The molecule has 0 saturated heterocycles. The molecule has 6 nitrogen and oxygen atoms in total. The van der Waals surface area contributed by atoms with Crippen molar-refractivity contribution in [1.29, 1.82) is 0 Å². The summed E-state index contributed by atoms with van der Waals surface area (Å²) < 4.78 is 4.93. The van der Waals surface area contributed by atoms with Crippen LogP contribution < -0.4 is 4.90 Å². The van der Waals surface area contributed by atoms with Crippen LogP contribution in [0.1, 0.15) is 17.9 Å². The molecule has 0 saturated carbocycles. The van der Waals surface area contributed by atoms with Crippen molar-refractivity contribution in [1.82, 2.24) is 0 Å². The maximum absolute atomic E-state index is 10.9. The van der Waals surface area contributed by atoms with E-state index in [1.54, 1.807) is 26.0 Å². The quantitative estimate of drug-likeness (QED) is 0.623. The second-order valence-corrected chi connectivity index (χ2v) is 4.75. The van der Waals surface area contributed by atoms with Crippen molar-refractivity contribution in [2.24, 2.45) is 0 Å². The van der Waals surface area contributed by atoms with Gasteiger partial charge in [0.05, 0.1) is 17.6 Å². The van der Waals surface area contributed by atoms with Crippen LogP contribution in [-0.4, -0.2) is 37.3 Å². The number of methoxy groups -OCH3 is 1. The predicted molar refractivity (Wildman–Crippen MR) is 66.8 cm³/mol. The van der Waals surface area contributed by atoms with Gasteiger partial charge in [-0.3, -0.25) is 10.1 Å². The van der Waals surface area contributed by atoms with Crippen molar-refractivity contribution in [3.63, 3.8) is 0 Å². The fourth-order valence-electron chi connectivity index (χ4n) is 1.33. The molecular weight excluding hydrogens is 244 g/mol. The van der Waals surface area contributed by atoms with Gasteiger partial charge in [-0.05, 0) is 6.92 Å². The molecule has 0 aromatic carbocycles. The number of ether oxygens (including phenoxy) is 1. The normalized spacial score (nSPS) is 12.5. The fourth-order valence-corrected chi connectivity index (χ4v) is 2.38. The van der Waals surface area contributed by atoms with Crippen LogP contribution in [0.4, 0.5) is 10.7 Å². The Morgan fingerprint density at radius 2 is 2.35 bits per heavy atom. The van der Waals surface area contributed by atoms with Gasteiger partial charge in [0.25, 0.3) is 0 Å². The molecule has 1 atom stereocenters. The molecular formula is C10H16N2O4S. The maximum Gasteiger partial charge on any atom is 0.304 e. The van der Waals surface area contributed by atoms with Crippen molar-refractivity contribution in [3.8, 4) is 0 Å². The molecule has 17 heavy (non-hydrogen) atoms. The van der Waals surface area contributed by atoms with E-state index in [2.05, 4.69) is 0 Å². The molecule has 0 aliphatic rings. The fraction of sp³-hybridized carbons (Fsp3) is 0.600. The number of hydrogen-bond donors (Lipinski definition) is 1. The van der Waals surface area contributed by atoms with Gasteiger partial charge in [-0.15, -0.1) is 11.3 Å². The van der Waals surface area contributed by atoms with Gasteiger partial charge in [-0.25, -0.2) is 0 Å². The summed E-state index contributed by atoms with van der Waals surface area (Å²) in [5.41, 5.74) is 0.0319. The molecule has 1 heterocycles. The van der Waals surface area contributed by atoms with Crippen molar-refractivity contribution in [2.45, 2.75) is 13.0 Å². The zero-order valence-electron chi connectivity index (χ0n) is 10.0. The summed E-state index contributed by atoms with van der Waals surface area (Å²) >= 11 is 1.23. The summed E-state index contributed by atoms with van der Waals surface area (Å²) in [6, 6.07) is 1.42. The third-order valence-electron chi connectivity index (χ3n) is 2.30. The van der Waals surface area contributed by atoms with Gasteiger partial charge in [0.1, 0.15) is 0 Å². The second-order valence-electron chi connectivity index (χ2n) is 3.69. The van der Waals surface area contributed by atoms with Crippen LogP contribution in [-0.2, 0) is 4.74 Å². The SMILES string of the molecule is COCCN(C)c1sc(C(C)O)cc1[N+](=O)[O-]. The highest BCUT2D eigenvalue weighted by atomic mass is 32.1. The standard InChI is InChI=1S/C10H16N2O4S/c1-7(13)9-6-8(12(14)15)10(17-9)11(2)4-5-16-3/h6-7,13H,4-5H2,1-3H3. The molecule has 7 heteroatoms. The molecule has 1 N–H and O–H groups in total.